The number of hydrogen-bond acceptors (Lipinski definition) is 5. The van der Waals surface area contributed by atoms with Gasteiger partial charge in [0.1, 0.15) is 17.4 Å². The zero-order valence-corrected chi connectivity index (χ0v) is 12.6. The molecule has 0 saturated carbocycles. The van der Waals surface area contributed by atoms with E-state index in [0.29, 0.717) is 22.1 Å². The number of aromatic hydroxyl groups is 1. The first-order chi connectivity index (χ1) is 11.0. The first kappa shape index (κ1) is 16.2. The highest BCUT2D eigenvalue weighted by Crippen LogP contribution is 2.24. The Kier molecular flexibility index (Phi) is 5.07. The number of benzene rings is 2. The molecule has 0 spiro atoms. The van der Waals surface area contributed by atoms with Crippen molar-refractivity contribution in [3.8, 4) is 11.8 Å². The molecule has 2 aromatic carbocycles. The van der Waals surface area contributed by atoms with Crippen LogP contribution in [-0.2, 0) is 4.79 Å². The molecule has 7 heteroatoms. The second kappa shape index (κ2) is 7.20. The third kappa shape index (κ3) is 4.40. The topological polar surface area (TPSA) is 111 Å². The fourth-order valence-electron chi connectivity index (χ4n) is 1.69. The smallest absolute Gasteiger partial charge is 0.267 e. The molecule has 23 heavy (non-hydrogen) atoms. The number of nitrogens with zero attached hydrogens (tertiary/aromatic N) is 1. The van der Waals surface area contributed by atoms with E-state index in [9.17, 15) is 9.90 Å². The maximum atomic E-state index is 12.0. The summed E-state index contributed by atoms with van der Waals surface area (Å²) in [6, 6.07) is 12.5. The molecule has 0 heterocycles. The van der Waals surface area contributed by atoms with Crippen LogP contribution >= 0.6 is 11.6 Å². The first-order valence-corrected chi connectivity index (χ1v) is 6.89. The van der Waals surface area contributed by atoms with E-state index in [0.717, 1.165) is 0 Å². The molecular formula is C16H13ClN4O2. The van der Waals surface area contributed by atoms with E-state index in [1.807, 2.05) is 0 Å². The van der Waals surface area contributed by atoms with Crippen LogP contribution in [-0.4, -0.2) is 11.0 Å². The predicted octanol–water partition coefficient (Wildman–Crippen LogP) is 3.09. The van der Waals surface area contributed by atoms with E-state index in [2.05, 4.69) is 10.6 Å². The minimum atomic E-state index is -0.586. The number of carbonyl (C=O) groups excluding carboxylic acids is 1. The SMILES string of the molecule is N#C/C(=C/Nc1ccc(N)cc1Cl)C(=O)Nc1ccc(O)cc1. The van der Waals surface area contributed by atoms with Gasteiger partial charge in [-0.05, 0) is 42.5 Å². The maximum Gasteiger partial charge on any atom is 0.267 e. The highest BCUT2D eigenvalue weighted by molar-refractivity contribution is 6.33. The van der Waals surface area contributed by atoms with Crippen LogP contribution < -0.4 is 16.4 Å². The summed E-state index contributed by atoms with van der Waals surface area (Å²) in [5.74, 6) is -0.504. The number of phenols is 1. The maximum absolute atomic E-state index is 12.0. The Morgan fingerprint density at radius 3 is 2.57 bits per heavy atom. The zero-order valence-electron chi connectivity index (χ0n) is 11.9. The Hall–Kier alpha value is -3.17. The number of nitrogens with one attached hydrogen (secondary N) is 2. The fourth-order valence-corrected chi connectivity index (χ4v) is 1.93. The Morgan fingerprint density at radius 1 is 1.26 bits per heavy atom. The number of nitrogen functional groups attached to an aromatic ring is 1. The molecule has 5 N–H and O–H groups in total. The number of nitriles is 1. The van der Waals surface area contributed by atoms with Crippen molar-refractivity contribution in [2.24, 2.45) is 0 Å². The number of anilines is 3. The average molecular weight is 329 g/mol. The van der Waals surface area contributed by atoms with Crippen LogP contribution in [0.25, 0.3) is 0 Å². The monoisotopic (exact) mass is 328 g/mol. The lowest BCUT2D eigenvalue weighted by Crippen LogP contribution is -2.14. The standard InChI is InChI=1S/C16H13ClN4O2/c17-14-7-11(19)1-6-15(14)20-9-10(8-18)16(23)21-12-2-4-13(22)5-3-12/h1-7,9,20,22H,19H2,(H,21,23)/b10-9-. The molecule has 0 radical (unpaired) electrons. The highest BCUT2D eigenvalue weighted by Gasteiger charge is 2.09. The Balaban J connectivity index is 2.10. The summed E-state index contributed by atoms with van der Waals surface area (Å²) >= 11 is 6.00. The van der Waals surface area contributed by atoms with Crippen LogP contribution in [0, 0.1) is 11.3 Å². The molecule has 2 rings (SSSR count). The van der Waals surface area contributed by atoms with E-state index >= 15 is 0 Å². The van der Waals surface area contributed by atoms with Crippen molar-refractivity contribution in [2.75, 3.05) is 16.4 Å². The summed E-state index contributed by atoms with van der Waals surface area (Å²) in [5, 5.41) is 24.0. The molecule has 116 valence electrons. The van der Waals surface area contributed by atoms with E-state index in [1.54, 1.807) is 24.3 Å². The third-order valence-electron chi connectivity index (χ3n) is 2.86. The van der Waals surface area contributed by atoms with Crippen LogP contribution in [0.15, 0.2) is 54.2 Å². The summed E-state index contributed by atoms with van der Waals surface area (Å²) in [4.78, 5) is 12.0. The predicted molar refractivity (Wildman–Crippen MR) is 89.9 cm³/mol. The Bertz CT molecular complexity index is 795. The fraction of sp³-hybridized carbons (Fsp3) is 0. The van der Waals surface area contributed by atoms with Gasteiger partial charge in [-0.2, -0.15) is 5.26 Å². The number of rotatable bonds is 4. The van der Waals surface area contributed by atoms with Gasteiger partial charge >= 0.3 is 0 Å². The van der Waals surface area contributed by atoms with Gasteiger partial charge in [0.05, 0.1) is 10.7 Å². The molecule has 0 atom stereocenters. The van der Waals surface area contributed by atoms with Crippen LogP contribution in [0.2, 0.25) is 5.02 Å². The minimum absolute atomic E-state index is 0.0821. The van der Waals surface area contributed by atoms with Crippen molar-refractivity contribution in [2.45, 2.75) is 0 Å². The number of amides is 1. The van der Waals surface area contributed by atoms with E-state index < -0.39 is 5.91 Å². The normalized spacial score (nSPS) is 10.7. The van der Waals surface area contributed by atoms with Gasteiger partial charge in [0.25, 0.3) is 5.91 Å². The second-order valence-electron chi connectivity index (χ2n) is 4.55. The van der Waals surface area contributed by atoms with E-state index in [4.69, 9.17) is 22.6 Å². The summed E-state index contributed by atoms with van der Waals surface area (Å²) in [6.45, 7) is 0. The van der Waals surface area contributed by atoms with Gasteiger partial charge in [0.15, 0.2) is 0 Å². The molecule has 1 amide bonds. The molecule has 0 aliphatic heterocycles. The quantitative estimate of drug-likeness (QED) is 0.298. The Labute approximate surface area is 137 Å². The first-order valence-electron chi connectivity index (χ1n) is 6.52. The molecule has 0 aliphatic carbocycles. The largest absolute Gasteiger partial charge is 0.508 e. The second-order valence-corrected chi connectivity index (χ2v) is 4.96. The van der Waals surface area contributed by atoms with Crippen molar-refractivity contribution in [1.82, 2.24) is 0 Å². The molecular weight excluding hydrogens is 316 g/mol. The van der Waals surface area contributed by atoms with Crippen LogP contribution in [0.1, 0.15) is 0 Å². The summed E-state index contributed by atoms with van der Waals surface area (Å²) in [5.41, 5.74) is 6.95. The van der Waals surface area contributed by atoms with Gasteiger partial charge in [-0.15, -0.1) is 0 Å². The Morgan fingerprint density at radius 2 is 1.96 bits per heavy atom. The number of phenolic OH excluding ortho intramolecular Hbond substituents is 1. The van der Waals surface area contributed by atoms with Crippen molar-refractivity contribution >= 4 is 34.6 Å². The molecule has 0 bridgehead atoms. The number of carbonyl (C=O) groups is 1. The van der Waals surface area contributed by atoms with Crippen LogP contribution in [0.5, 0.6) is 5.75 Å². The summed E-state index contributed by atoms with van der Waals surface area (Å²) in [7, 11) is 0. The number of hydrogen-bond donors (Lipinski definition) is 4. The molecule has 0 aliphatic rings. The van der Waals surface area contributed by atoms with Gasteiger partial charge in [-0.3, -0.25) is 4.79 Å². The zero-order chi connectivity index (χ0) is 16.8. The lowest BCUT2D eigenvalue weighted by atomic mass is 10.2. The van der Waals surface area contributed by atoms with Gasteiger partial charge in [-0.25, -0.2) is 0 Å². The lowest BCUT2D eigenvalue weighted by Gasteiger charge is -2.07. The van der Waals surface area contributed by atoms with Gasteiger partial charge in [-0.1, -0.05) is 11.6 Å². The minimum Gasteiger partial charge on any atom is -0.508 e. The van der Waals surface area contributed by atoms with Crippen molar-refractivity contribution in [3.63, 3.8) is 0 Å². The third-order valence-corrected chi connectivity index (χ3v) is 3.17. The molecule has 0 fully saturated rings. The van der Waals surface area contributed by atoms with Crippen molar-refractivity contribution in [1.29, 1.82) is 5.26 Å². The van der Waals surface area contributed by atoms with Crippen molar-refractivity contribution in [3.05, 3.63) is 59.3 Å². The summed E-state index contributed by atoms with van der Waals surface area (Å²) in [6.07, 6.45) is 1.26. The van der Waals surface area contributed by atoms with Gasteiger partial charge in [0, 0.05) is 17.6 Å². The van der Waals surface area contributed by atoms with Crippen LogP contribution in [0.4, 0.5) is 17.1 Å². The highest BCUT2D eigenvalue weighted by atomic mass is 35.5. The molecule has 0 unspecified atom stereocenters. The average Bonchev–Trinajstić information content (AvgIpc) is 2.52. The number of halogens is 1. The molecule has 2 aromatic rings. The van der Waals surface area contributed by atoms with E-state index in [1.165, 1.54) is 30.5 Å². The summed E-state index contributed by atoms with van der Waals surface area (Å²) < 4.78 is 0. The van der Waals surface area contributed by atoms with Crippen LogP contribution in [0.3, 0.4) is 0 Å². The molecule has 0 saturated heterocycles. The van der Waals surface area contributed by atoms with Gasteiger partial charge in [0.2, 0.25) is 0 Å². The van der Waals surface area contributed by atoms with Gasteiger partial charge < -0.3 is 21.5 Å². The number of nitrogens with two attached hydrogens (primary N) is 1. The van der Waals surface area contributed by atoms with E-state index in [-0.39, 0.29) is 11.3 Å². The molecule has 6 nitrogen and oxygen atoms in total. The lowest BCUT2D eigenvalue weighted by molar-refractivity contribution is -0.112. The molecule has 0 aromatic heterocycles. The van der Waals surface area contributed by atoms with Crippen molar-refractivity contribution < 1.29 is 9.90 Å².